The summed E-state index contributed by atoms with van der Waals surface area (Å²) >= 11 is 1.33. The maximum absolute atomic E-state index is 13.2. The third kappa shape index (κ3) is 2.83. The van der Waals surface area contributed by atoms with Crippen LogP contribution in [0.25, 0.3) is 10.1 Å². The molecule has 2 rings (SSSR count). The van der Waals surface area contributed by atoms with Crippen molar-refractivity contribution >= 4 is 27.3 Å². The van der Waals surface area contributed by atoms with Gasteiger partial charge in [0.2, 0.25) is 0 Å². The molecule has 2 N–H and O–H groups in total. The zero-order valence-corrected chi connectivity index (χ0v) is 12.4. The number of hydrogen-bond donors (Lipinski definition) is 2. The van der Waals surface area contributed by atoms with Crippen molar-refractivity contribution in [3.05, 3.63) is 35.0 Å². The van der Waals surface area contributed by atoms with Crippen LogP contribution in [0.2, 0.25) is 0 Å². The average Bonchev–Trinajstić information content (AvgIpc) is 2.88. The number of halogens is 1. The Balaban J connectivity index is 2.27. The molecule has 5 heteroatoms. The Kier molecular flexibility index (Phi) is 4.40. The molecular weight excluding hydrogens is 277 g/mol. The minimum absolute atomic E-state index is 0.0920. The minimum Gasteiger partial charge on any atom is -0.394 e. The maximum Gasteiger partial charge on any atom is 0.261 e. The normalized spacial score (nSPS) is 11.8. The Morgan fingerprint density at radius 2 is 2.05 bits per heavy atom. The van der Waals surface area contributed by atoms with Crippen LogP contribution in [0.3, 0.4) is 0 Å². The molecule has 0 atom stereocenters. The van der Waals surface area contributed by atoms with Crippen LogP contribution in [0.4, 0.5) is 4.39 Å². The zero-order chi connectivity index (χ0) is 14.8. The number of fused-ring (bicyclic) bond motifs is 1. The van der Waals surface area contributed by atoms with Gasteiger partial charge in [-0.2, -0.15) is 0 Å². The van der Waals surface area contributed by atoms with Crippen LogP contribution in [0, 0.1) is 5.82 Å². The maximum atomic E-state index is 13.2. The summed E-state index contributed by atoms with van der Waals surface area (Å²) in [7, 11) is 0. The number of rotatable bonds is 5. The molecule has 0 unspecified atom stereocenters. The first-order valence-electron chi connectivity index (χ1n) is 6.66. The largest absolute Gasteiger partial charge is 0.394 e. The summed E-state index contributed by atoms with van der Waals surface area (Å²) in [5.41, 5.74) is -0.585. The fraction of sp³-hybridized carbons (Fsp3) is 0.400. The minimum atomic E-state index is -0.585. The van der Waals surface area contributed by atoms with Crippen LogP contribution in [-0.4, -0.2) is 23.2 Å². The van der Waals surface area contributed by atoms with Crippen LogP contribution >= 0.6 is 11.3 Å². The van der Waals surface area contributed by atoms with E-state index in [1.165, 1.54) is 23.5 Å². The molecule has 1 heterocycles. The summed E-state index contributed by atoms with van der Waals surface area (Å²) in [6.45, 7) is 3.77. The number of thiophene rings is 1. The standard InChI is InChI=1S/C15H18FNO2S/c1-3-15(4-2,9-18)17-14(19)13-8-10-7-11(16)5-6-12(10)20-13/h5-8,18H,3-4,9H2,1-2H3,(H,17,19). The summed E-state index contributed by atoms with van der Waals surface area (Å²) in [6.07, 6.45) is 1.32. The summed E-state index contributed by atoms with van der Waals surface area (Å²) in [5, 5.41) is 13.1. The van der Waals surface area contributed by atoms with Gasteiger partial charge in [0, 0.05) is 4.70 Å². The van der Waals surface area contributed by atoms with Crippen molar-refractivity contribution in [3.8, 4) is 0 Å². The predicted octanol–water partition coefficient (Wildman–Crippen LogP) is 3.32. The van der Waals surface area contributed by atoms with Crippen molar-refractivity contribution in [2.45, 2.75) is 32.2 Å². The van der Waals surface area contributed by atoms with Crippen molar-refractivity contribution in [1.82, 2.24) is 5.32 Å². The molecule has 0 radical (unpaired) electrons. The van der Waals surface area contributed by atoms with E-state index in [9.17, 15) is 14.3 Å². The van der Waals surface area contributed by atoms with E-state index in [0.717, 1.165) is 10.1 Å². The lowest BCUT2D eigenvalue weighted by atomic mass is 9.94. The SMILES string of the molecule is CCC(CC)(CO)NC(=O)c1cc2cc(F)ccc2s1. The molecule has 108 valence electrons. The molecule has 1 aromatic heterocycles. The van der Waals surface area contributed by atoms with Crippen molar-refractivity contribution < 1.29 is 14.3 Å². The highest BCUT2D eigenvalue weighted by Crippen LogP contribution is 2.27. The second kappa shape index (κ2) is 5.89. The van der Waals surface area contributed by atoms with E-state index in [2.05, 4.69) is 5.32 Å². The van der Waals surface area contributed by atoms with Gasteiger partial charge in [0.25, 0.3) is 5.91 Å². The smallest absolute Gasteiger partial charge is 0.261 e. The quantitative estimate of drug-likeness (QED) is 0.889. The number of hydrogen-bond acceptors (Lipinski definition) is 3. The predicted molar refractivity (Wildman–Crippen MR) is 79.6 cm³/mol. The Bertz CT molecular complexity index is 611. The van der Waals surface area contributed by atoms with E-state index in [1.807, 2.05) is 13.8 Å². The van der Waals surface area contributed by atoms with Gasteiger partial charge in [-0.1, -0.05) is 13.8 Å². The van der Waals surface area contributed by atoms with Gasteiger partial charge in [-0.05, 0) is 42.5 Å². The number of aliphatic hydroxyl groups excluding tert-OH is 1. The fourth-order valence-corrected chi connectivity index (χ4v) is 3.06. The molecule has 2 aromatic rings. The number of benzene rings is 1. The molecular formula is C15H18FNO2S. The molecule has 0 saturated carbocycles. The second-order valence-electron chi connectivity index (χ2n) is 4.89. The van der Waals surface area contributed by atoms with Gasteiger partial charge in [-0.25, -0.2) is 4.39 Å². The van der Waals surface area contributed by atoms with Crippen LogP contribution in [-0.2, 0) is 0 Å². The van der Waals surface area contributed by atoms with Gasteiger partial charge >= 0.3 is 0 Å². The molecule has 0 aliphatic rings. The molecule has 0 spiro atoms. The molecule has 0 aliphatic carbocycles. The summed E-state index contributed by atoms with van der Waals surface area (Å²) in [5.74, 6) is -0.529. The van der Waals surface area contributed by atoms with E-state index in [4.69, 9.17) is 0 Å². The lowest BCUT2D eigenvalue weighted by Crippen LogP contribution is -2.50. The Labute approximate surface area is 121 Å². The second-order valence-corrected chi connectivity index (χ2v) is 5.98. The van der Waals surface area contributed by atoms with Gasteiger partial charge in [0.15, 0.2) is 0 Å². The zero-order valence-electron chi connectivity index (χ0n) is 11.6. The van der Waals surface area contributed by atoms with E-state index in [-0.39, 0.29) is 18.3 Å². The first-order chi connectivity index (χ1) is 9.53. The van der Waals surface area contributed by atoms with E-state index in [1.54, 1.807) is 12.1 Å². The monoisotopic (exact) mass is 295 g/mol. The van der Waals surface area contributed by atoms with Crippen molar-refractivity contribution in [3.63, 3.8) is 0 Å². The molecule has 0 bridgehead atoms. The number of amides is 1. The lowest BCUT2D eigenvalue weighted by molar-refractivity contribution is 0.0822. The fourth-order valence-electron chi connectivity index (χ4n) is 2.12. The van der Waals surface area contributed by atoms with Gasteiger partial charge < -0.3 is 10.4 Å². The number of carbonyl (C=O) groups excluding carboxylic acids is 1. The van der Waals surface area contributed by atoms with Gasteiger partial charge in [-0.15, -0.1) is 11.3 Å². The third-order valence-electron chi connectivity index (χ3n) is 3.74. The summed E-state index contributed by atoms with van der Waals surface area (Å²) < 4.78 is 14.0. The van der Waals surface area contributed by atoms with Gasteiger partial charge in [0.05, 0.1) is 17.0 Å². The highest BCUT2D eigenvalue weighted by atomic mass is 32.1. The van der Waals surface area contributed by atoms with Crippen LogP contribution in [0.1, 0.15) is 36.4 Å². The molecule has 3 nitrogen and oxygen atoms in total. The van der Waals surface area contributed by atoms with Crippen molar-refractivity contribution in [1.29, 1.82) is 0 Å². The average molecular weight is 295 g/mol. The first kappa shape index (κ1) is 14.9. The van der Waals surface area contributed by atoms with Crippen LogP contribution < -0.4 is 5.32 Å². The molecule has 0 saturated heterocycles. The van der Waals surface area contributed by atoms with Crippen molar-refractivity contribution in [2.24, 2.45) is 0 Å². The van der Waals surface area contributed by atoms with Gasteiger partial charge in [0.1, 0.15) is 5.82 Å². The molecule has 20 heavy (non-hydrogen) atoms. The molecule has 0 fully saturated rings. The topological polar surface area (TPSA) is 49.3 Å². The Morgan fingerprint density at radius 3 is 2.65 bits per heavy atom. The lowest BCUT2D eigenvalue weighted by Gasteiger charge is -2.30. The van der Waals surface area contributed by atoms with Gasteiger partial charge in [-0.3, -0.25) is 4.79 Å². The number of aliphatic hydroxyl groups is 1. The van der Waals surface area contributed by atoms with E-state index >= 15 is 0 Å². The van der Waals surface area contributed by atoms with Crippen LogP contribution in [0.5, 0.6) is 0 Å². The summed E-state index contributed by atoms with van der Waals surface area (Å²) in [4.78, 5) is 12.8. The van der Waals surface area contributed by atoms with E-state index < -0.39 is 5.54 Å². The van der Waals surface area contributed by atoms with Crippen molar-refractivity contribution in [2.75, 3.05) is 6.61 Å². The molecule has 0 aliphatic heterocycles. The Hall–Kier alpha value is -1.46. The van der Waals surface area contributed by atoms with E-state index in [0.29, 0.717) is 17.7 Å². The summed E-state index contributed by atoms with van der Waals surface area (Å²) in [6, 6.07) is 6.16. The first-order valence-corrected chi connectivity index (χ1v) is 7.47. The number of carbonyl (C=O) groups is 1. The van der Waals surface area contributed by atoms with Crippen LogP contribution in [0.15, 0.2) is 24.3 Å². The molecule has 1 aromatic carbocycles. The Morgan fingerprint density at radius 1 is 1.35 bits per heavy atom. The number of nitrogens with one attached hydrogen (secondary N) is 1. The third-order valence-corrected chi connectivity index (χ3v) is 4.85. The highest BCUT2D eigenvalue weighted by molar-refractivity contribution is 7.20. The molecule has 1 amide bonds. The highest BCUT2D eigenvalue weighted by Gasteiger charge is 2.28.